The summed E-state index contributed by atoms with van der Waals surface area (Å²) in [5.41, 5.74) is 1.03. The fourth-order valence-corrected chi connectivity index (χ4v) is 3.29. The lowest BCUT2D eigenvalue weighted by Crippen LogP contribution is -2.33. The molecule has 3 heterocycles. The number of anilines is 1. The van der Waals surface area contributed by atoms with Crippen LogP contribution in [0.3, 0.4) is 0 Å². The van der Waals surface area contributed by atoms with E-state index < -0.39 is 24.5 Å². The molecule has 1 saturated heterocycles. The molecule has 0 saturated carbocycles. The molecule has 0 unspecified atom stereocenters. The van der Waals surface area contributed by atoms with Crippen molar-refractivity contribution in [1.82, 2.24) is 19.5 Å². The monoisotopic (exact) mass is 408 g/mol. The summed E-state index contributed by atoms with van der Waals surface area (Å²) < 4.78 is 7.10. The van der Waals surface area contributed by atoms with Gasteiger partial charge in [0.1, 0.15) is 24.6 Å². The summed E-state index contributed by atoms with van der Waals surface area (Å²) in [4.78, 5) is 16.7. The highest BCUT2D eigenvalue weighted by atomic mass is 32.1. The third-order valence-electron chi connectivity index (χ3n) is 4.70. The zero-order chi connectivity index (χ0) is 19.9. The Morgan fingerprint density at radius 3 is 2.75 bits per heavy atom. The second-order valence-corrected chi connectivity index (χ2v) is 6.77. The average molecular weight is 408 g/mol. The molecule has 28 heavy (non-hydrogen) atoms. The van der Waals surface area contributed by atoms with Gasteiger partial charge in [-0.1, -0.05) is 12.8 Å². The Morgan fingerprint density at radius 2 is 2.00 bits per heavy atom. The van der Waals surface area contributed by atoms with Gasteiger partial charge in [0.25, 0.3) is 0 Å². The quantitative estimate of drug-likeness (QED) is 0.252. The number of thiocarbonyl (C=S) groups is 1. The van der Waals surface area contributed by atoms with Crippen LogP contribution in [0, 0.1) is 0 Å². The molecule has 1 fully saturated rings. The first kappa shape index (κ1) is 20.7. The molecule has 2 aromatic heterocycles. The van der Waals surface area contributed by atoms with Gasteiger partial charge in [0.2, 0.25) is 0 Å². The molecule has 0 radical (unpaired) electrons. The van der Waals surface area contributed by atoms with Crippen LogP contribution in [0.15, 0.2) is 17.6 Å². The van der Waals surface area contributed by atoms with Gasteiger partial charge in [0.15, 0.2) is 23.2 Å². The molecule has 4 N–H and O–H groups in total. The lowest BCUT2D eigenvalue weighted by molar-refractivity contribution is -0.0511. The maximum atomic E-state index is 10.2. The highest BCUT2D eigenvalue weighted by molar-refractivity contribution is 7.78. The van der Waals surface area contributed by atoms with E-state index in [4.69, 9.17) is 4.74 Å². The smallest absolute Gasteiger partial charge is 0.167 e. The first-order valence-electron chi connectivity index (χ1n) is 9.25. The van der Waals surface area contributed by atoms with E-state index in [2.05, 4.69) is 42.6 Å². The number of unbranched alkanes of at least 4 members (excludes halogenated alkanes) is 3. The maximum absolute atomic E-state index is 10.2. The van der Waals surface area contributed by atoms with Crippen LogP contribution in [0.2, 0.25) is 0 Å². The Hall–Kier alpha value is -2.01. The van der Waals surface area contributed by atoms with Gasteiger partial charge in [-0.2, -0.15) is 0 Å². The lowest BCUT2D eigenvalue weighted by atomic mass is 10.1. The van der Waals surface area contributed by atoms with Crippen molar-refractivity contribution >= 4 is 34.4 Å². The van der Waals surface area contributed by atoms with Gasteiger partial charge in [0, 0.05) is 13.1 Å². The summed E-state index contributed by atoms with van der Waals surface area (Å²) in [6.07, 6.45) is 2.89. The molecule has 0 amide bonds. The fourth-order valence-electron chi connectivity index (χ4n) is 3.20. The van der Waals surface area contributed by atoms with Crippen LogP contribution in [0.5, 0.6) is 0 Å². The average Bonchev–Trinajstić information content (AvgIpc) is 3.26. The molecule has 1 aliphatic heterocycles. The lowest BCUT2D eigenvalue weighted by Gasteiger charge is -2.16. The molecule has 11 heteroatoms. The number of isothiocyanates is 1. The van der Waals surface area contributed by atoms with Gasteiger partial charge < -0.3 is 25.4 Å². The molecule has 0 bridgehead atoms. The van der Waals surface area contributed by atoms with Gasteiger partial charge in [-0.25, -0.2) is 19.9 Å². The van der Waals surface area contributed by atoms with Crippen LogP contribution in [0.25, 0.3) is 11.2 Å². The van der Waals surface area contributed by atoms with Crippen LogP contribution in [-0.2, 0) is 4.74 Å². The predicted molar refractivity (Wildman–Crippen MR) is 105 cm³/mol. The number of aliphatic hydroxyl groups excluding tert-OH is 3. The molecule has 0 aromatic carbocycles. The summed E-state index contributed by atoms with van der Waals surface area (Å²) in [7, 11) is 0. The van der Waals surface area contributed by atoms with Crippen LogP contribution in [-0.4, -0.2) is 78.0 Å². The van der Waals surface area contributed by atoms with E-state index in [-0.39, 0.29) is 6.61 Å². The number of hydrogen-bond donors (Lipinski definition) is 4. The van der Waals surface area contributed by atoms with Gasteiger partial charge in [-0.3, -0.25) is 4.57 Å². The molecule has 0 spiro atoms. The van der Waals surface area contributed by atoms with Crippen molar-refractivity contribution in [2.45, 2.75) is 50.2 Å². The van der Waals surface area contributed by atoms with Crippen LogP contribution >= 0.6 is 12.2 Å². The van der Waals surface area contributed by atoms with Crippen molar-refractivity contribution in [3.8, 4) is 0 Å². The number of hydrogen-bond acceptors (Lipinski definition) is 10. The van der Waals surface area contributed by atoms with Crippen molar-refractivity contribution in [3.63, 3.8) is 0 Å². The predicted octanol–water partition coefficient (Wildman–Crippen LogP) is 0.513. The van der Waals surface area contributed by atoms with Crippen LogP contribution in [0.1, 0.15) is 31.9 Å². The van der Waals surface area contributed by atoms with E-state index in [0.717, 1.165) is 38.8 Å². The number of rotatable bonds is 10. The van der Waals surface area contributed by atoms with Gasteiger partial charge in [-0.05, 0) is 25.1 Å². The Balaban J connectivity index is 1.61. The molecule has 0 aliphatic carbocycles. The third-order valence-corrected chi connectivity index (χ3v) is 4.83. The van der Waals surface area contributed by atoms with E-state index in [9.17, 15) is 15.3 Å². The molecular formula is C17H24N6O4S. The SMILES string of the molecule is OC[C@H]1O[C@@H](n2cnc3c(NCCCCCCN=C=S)ncnc32)[C@H](O)[C@@H]1O. The maximum Gasteiger partial charge on any atom is 0.167 e. The van der Waals surface area contributed by atoms with Crippen molar-refractivity contribution in [3.05, 3.63) is 12.7 Å². The van der Waals surface area contributed by atoms with Crippen molar-refractivity contribution in [2.24, 2.45) is 4.99 Å². The highest BCUT2D eigenvalue weighted by Gasteiger charge is 2.44. The number of aliphatic hydroxyl groups is 3. The number of nitrogens with zero attached hydrogens (tertiary/aromatic N) is 5. The second kappa shape index (κ2) is 9.97. The van der Waals surface area contributed by atoms with E-state index >= 15 is 0 Å². The zero-order valence-corrected chi connectivity index (χ0v) is 16.1. The first-order valence-corrected chi connectivity index (χ1v) is 9.65. The Morgan fingerprint density at radius 1 is 1.18 bits per heavy atom. The zero-order valence-electron chi connectivity index (χ0n) is 15.3. The van der Waals surface area contributed by atoms with Crippen molar-refractivity contribution in [2.75, 3.05) is 25.0 Å². The number of aliphatic imine (C=N–C) groups is 1. The standard InChI is InChI=1S/C17H24N6O4S/c24-7-11-13(25)14(26)17(27-11)23-9-22-12-15(20-8-21-16(12)23)19-6-4-2-1-3-5-18-10-28/h8-9,11,13-14,17,24-26H,1-7H2,(H,19,20,21)/t11-,13-,14-,17-/m1/s1. The number of fused-ring (bicyclic) bond motifs is 1. The number of ether oxygens (including phenoxy) is 1. The number of nitrogens with one attached hydrogen (secondary N) is 1. The van der Waals surface area contributed by atoms with Gasteiger partial charge in [0.05, 0.1) is 18.1 Å². The normalized spacial score (nSPS) is 24.4. The topological polar surface area (TPSA) is 138 Å². The van der Waals surface area contributed by atoms with Crippen LogP contribution in [0.4, 0.5) is 5.82 Å². The van der Waals surface area contributed by atoms with Gasteiger partial charge in [-0.15, -0.1) is 0 Å². The van der Waals surface area contributed by atoms with E-state index in [1.54, 1.807) is 4.57 Å². The molecule has 152 valence electrons. The van der Waals surface area contributed by atoms with E-state index in [1.807, 2.05) is 0 Å². The minimum Gasteiger partial charge on any atom is -0.394 e. The minimum absolute atomic E-state index is 0.388. The molecule has 1 aliphatic rings. The molecular weight excluding hydrogens is 384 g/mol. The first-order chi connectivity index (χ1) is 13.7. The Labute approximate surface area is 167 Å². The molecule has 3 rings (SSSR count). The van der Waals surface area contributed by atoms with Gasteiger partial charge >= 0.3 is 0 Å². The van der Waals surface area contributed by atoms with Crippen LogP contribution < -0.4 is 5.32 Å². The summed E-state index contributed by atoms with van der Waals surface area (Å²) >= 11 is 4.53. The highest BCUT2D eigenvalue weighted by Crippen LogP contribution is 2.32. The number of aromatic nitrogens is 4. The second-order valence-electron chi connectivity index (χ2n) is 6.59. The van der Waals surface area contributed by atoms with E-state index in [0.29, 0.717) is 17.0 Å². The molecule has 10 nitrogen and oxygen atoms in total. The van der Waals surface area contributed by atoms with E-state index in [1.165, 1.54) is 12.7 Å². The Kier molecular flexibility index (Phi) is 7.37. The largest absolute Gasteiger partial charge is 0.394 e. The minimum atomic E-state index is -1.19. The van der Waals surface area contributed by atoms with Crippen molar-refractivity contribution < 1.29 is 20.1 Å². The summed E-state index contributed by atoms with van der Waals surface area (Å²) in [5, 5.41) is 35.1. The fraction of sp³-hybridized carbons (Fsp3) is 0.647. The molecule has 2 aromatic rings. The van der Waals surface area contributed by atoms with Crippen molar-refractivity contribution in [1.29, 1.82) is 0 Å². The number of imidazole rings is 1. The third kappa shape index (κ3) is 4.52. The summed E-state index contributed by atoms with van der Waals surface area (Å²) in [6.45, 7) is 1.08. The molecule has 4 atom stereocenters. The summed E-state index contributed by atoms with van der Waals surface area (Å²) in [6, 6.07) is 0. The Bertz CT molecular complexity index is 827. The summed E-state index contributed by atoms with van der Waals surface area (Å²) in [5.74, 6) is 0.598.